The molecule has 0 aliphatic carbocycles. The average molecular weight is 477 g/mol. The molecule has 0 aromatic heterocycles. The van der Waals surface area contributed by atoms with Gasteiger partial charge in [-0.2, -0.15) is 0 Å². The predicted molar refractivity (Wildman–Crippen MR) is 120 cm³/mol. The second kappa shape index (κ2) is 14.7. The van der Waals surface area contributed by atoms with E-state index in [-0.39, 0.29) is 86.7 Å². The van der Waals surface area contributed by atoms with E-state index in [0.717, 1.165) is 16.5 Å². The zero-order valence-electron chi connectivity index (χ0n) is 17.3. The van der Waals surface area contributed by atoms with Gasteiger partial charge in [-0.25, -0.2) is 0 Å². The third-order valence-corrected chi connectivity index (χ3v) is 5.33. The lowest BCUT2D eigenvalue weighted by molar-refractivity contribution is -0.127. The number of carbonyl (C=O) groups excluding carboxylic acids is 5. The number of allylic oxidation sites excluding steroid dienone is 1. The number of benzene rings is 1. The maximum Gasteiger partial charge on any atom is 0.137 e. The Kier molecular flexibility index (Phi) is 12.7. The van der Waals surface area contributed by atoms with Crippen LogP contribution in [-0.4, -0.2) is 28.9 Å². The minimum Gasteiger partial charge on any atom is -0.300 e. The fourth-order valence-corrected chi connectivity index (χ4v) is 3.19. The lowest BCUT2D eigenvalue weighted by atomic mass is 10.00. The maximum atomic E-state index is 12.0. The quantitative estimate of drug-likeness (QED) is 0.241. The van der Waals surface area contributed by atoms with Crippen molar-refractivity contribution < 1.29 is 24.0 Å². The molecule has 0 saturated heterocycles. The standard InChI is InChI=1S/C24H29BrO5/c1-2-3-20(26)8-9-21(27)10-11-22(28)12-13-23(29)14-15-24(30)16-18-4-6-19(17-25)7-5-18/h2,4-7H,1,3,8-17H2. The van der Waals surface area contributed by atoms with E-state index in [1.54, 1.807) is 0 Å². The molecule has 1 aromatic rings. The zero-order chi connectivity index (χ0) is 22.4. The number of ketones is 5. The average Bonchev–Trinajstić information content (AvgIpc) is 2.74. The van der Waals surface area contributed by atoms with Gasteiger partial charge in [-0.3, -0.25) is 24.0 Å². The fraction of sp³-hybridized carbons (Fsp3) is 0.458. The highest BCUT2D eigenvalue weighted by Gasteiger charge is 2.12. The van der Waals surface area contributed by atoms with Gasteiger partial charge < -0.3 is 0 Å². The normalized spacial score (nSPS) is 10.4. The van der Waals surface area contributed by atoms with E-state index >= 15 is 0 Å². The molecular weight excluding hydrogens is 448 g/mol. The van der Waals surface area contributed by atoms with E-state index < -0.39 is 0 Å². The molecule has 6 heteroatoms. The van der Waals surface area contributed by atoms with E-state index in [1.165, 1.54) is 6.08 Å². The summed E-state index contributed by atoms with van der Waals surface area (Å²) in [7, 11) is 0. The molecule has 5 nitrogen and oxygen atoms in total. The summed E-state index contributed by atoms with van der Waals surface area (Å²) in [6.07, 6.45) is 3.04. The van der Waals surface area contributed by atoms with Crippen molar-refractivity contribution in [3.8, 4) is 0 Å². The van der Waals surface area contributed by atoms with Crippen LogP contribution in [0.15, 0.2) is 36.9 Å². The Hall–Kier alpha value is -2.21. The van der Waals surface area contributed by atoms with Crippen molar-refractivity contribution >= 4 is 44.8 Å². The minimum atomic E-state index is -0.146. The first-order chi connectivity index (χ1) is 14.3. The van der Waals surface area contributed by atoms with Crippen LogP contribution in [0.25, 0.3) is 0 Å². The van der Waals surface area contributed by atoms with Crippen molar-refractivity contribution in [1.29, 1.82) is 0 Å². The number of Topliss-reactive ketones (excluding diaryl/α,β-unsaturated/α-hetero) is 5. The van der Waals surface area contributed by atoms with Crippen LogP contribution < -0.4 is 0 Å². The number of rotatable bonds is 17. The first-order valence-corrected chi connectivity index (χ1v) is 11.3. The third kappa shape index (κ3) is 11.7. The van der Waals surface area contributed by atoms with E-state index in [2.05, 4.69) is 22.5 Å². The lowest BCUT2D eigenvalue weighted by Gasteiger charge is -2.04. The molecule has 0 spiro atoms. The molecule has 0 fully saturated rings. The number of hydrogen-bond acceptors (Lipinski definition) is 5. The van der Waals surface area contributed by atoms with E-state index in [1.807, 2.05) is 24.3 Å². The van der Waals surface area contributed by atoms with Crippen molar-refractivity contribution in [2.24, 2.45) is 0 Å². The van der Waals surface area contributed by atoms with Gasteiger partial charge in [0.1, 0.15) is 28.9 Å². The smallest absolute Gasteiger partial charge is 0.137 e. The molecule has 0 saturated carbocycles. The summed E-state index contributed by atoms with van der Waals surface area (Å²) in [6.45, 7) is 3.47. The van der Waals surface area contributed by atoms with E-state index in [9.17, 15) is 24.0 Å². The van der Waals surface area contributed by atoms with Crippen LogP contribution in [0.3, 0.4) is 0 Å². The zero-order valence-corrected chi connectivity index (χ0v) is 18.9. The van der Waals surface area contributed by atoms with Gasteiger partial charge in [-0.15, -0.1) is 6.58 Å². The molecule has 162 valence electrons. The SMILES string of the molecule is C=CCC(=O)CCC(=O)CCC(=O)CCC(=O)CCC(=O)Cc1ccc(CBr)cc1. The van der Waals surface area contributed by atoms with Crippen LogP contribution in [0.4, 0.5) is 0 Å². The van der Waals surface area contributed by atoms with Crippen LogP contribution in [0.5, 0.6) is 0 Å². The van der Waals surface area contributed by atoms with E-state index in [0.29, 0.717) is 6.42 Å². The van der Waals surface area contributed by atoms with Gasteiger partial charge in [0, 0.05) is 69.5 Å². The second-order valence-electron chi connectivity index (χ2n) is 7.31. The Morgan fingerprint density at radius 1 is 0.633 bits per heavy atom. The maximum absolute atomic E-state index is 12.0. The Balaban J connectivity index is 2.18. The van der Waals surface area contributed by atoms with Crippen molar-refractivity contribution in [1.82, 2.24) is 0 Å². The van der Waals surface area contributed by atoms with Crippen LogP contribution in [-0.2, 0) is 35.7 Å². The van der Waals surface area contributed by atoms with Gasteiger partial charge >= 0.3 is 0 Å². The predicted octanol–water partition coefficient (Wildman–Crippen LogP) is 4.67. The Bertz CT molecular complexity index is 764. The Labute approximate surface area is 186 Å². The molecule has 1 rings (SSSR count). The highest BCUT2D eigenvalue weighted by molar-refractivity contribution is 9.08. The summed E-state index contributed by atoms with van der Waals surface area (Å²) in [5.41, 5.74) is 2.05. The first kappa shape index (κ1) is 25.8. The van der Waals surface area contributed by atoms with Crippen molar-refractivity contribution in [3.63, 3.8) is 0 Å². The van der Waals surface area contributed by atoms with Crippen molar-refractivity contribution in [2.75, 3.05) is 0 Å². The molecule has 0 N–H and O–H groups in total. The highest BCUT2D eigenvalue weighted by Crippen LogP contribution is 2.11. The molecule has 0 atom stereocenters. The molecule has 30 heavy (non-hydrogen) atoms. The minimum absolute atomic E-state index is 0.00198. The van der Waals surface area contributed by atoms with Crippen LogP contribution in [0, 0.1) is 0 Å². The molecule has 0 amide bonds. The third-order valence-electron chi connectivity index (χ3n) is 4.68. The largest absolute Gasteiger partial charge is 0.300 e. The number of alkyl halides is 1. The summed E-state index contributed by atoms with van der Waals surface area (Å²) >= 11 is 3.37. The molecule has 0 aliphatic heterocycles. The lowest BCUT2D eigenvalue weighted by Crippen LogP contribution is -2.10. The topological polar surface area (TPSA) is 85.3 Å². The molecule has 0 aliphatic rings. The van der Waals surface area contributed by atoms with Gasteiger partial charge in [0.15, 0.2) is 0 Å². The van der Waals surface area contributed by atoms with Gasteiger partial charge in [0.2, 0.25) is 0 Å². The van der Waals surface area contributed by atoms with Crippen LogP contribution in [0.1, 0.15) is 68.9 Å². The monoisotopic (exact) mass is 476 g/mol. The molecule has 0 heterocycles. The molecular formula is C24H29BrO5. The molecule has 1 aromatic carbocycles. The fourth-order valence-electron chi connectivity index (χ4n) is 2.82. The number of halogens is 1. The second-order valence-corrected chi connectivity index (χ2v) is 7.87. The summed E-state index contributed by atoms with van der Waals surface area (Å²) < 4.78 is 0. The number of hydrogen-bond donors (Lipinski definition) is 0. The summed E-state index contributed by atoms with van der Waals surface area (Å²) in [4.78, 5) is 58.9. The summed E-state index contributed by atoms with van der Waals surface area (Å²) in [6, 6.07) is 7.73. The van der Waals surface area contributed by atoms with Crippen molar-refractivity contribution in [3.05, 3.63) is 48.0 Å². The Morgan fingerprint density at radius 2 is 1.00 bits per heavy atom. The first-order valence-electron chi connectivity index (χ1n) is 10.2. The van der Waals surface area contributed by atoms with Gasteiger partial charge in [-0.05, 0) is 11.1 Å². The van der Waals surface area contributed by atoms with E-state index in [4.69, 9.17) is 0 Å². The number of carbonyl (C=O) groups is 5. The van der Waals surface area contributed by atoms with Gasteiger partial charge in [-0.1, -0.05) is 46.3 Å². The highest BCUT2D eigenvalue weighted by atomic mass is 79.9. The molecule has 0 unspecified atom stereocenters. The summed E-state index contributed by atoms with van der Waals surface area (Å²) in [5.74, 6) is -0.430. The van der Waals surface area contributed by atoms with Crippen LogP contribution >= 0.6 is 15.9 Å². The van der Waals surface area contributed by atoms with Gasteiger partial charge in [0.05, 0.1) is 0 Å². The van der Waals surface area contributed by atoms with Gasteiger partial charge in [0.25, 0.3) is 0 Å². The Morgan fingerprint density at radius 3 is 1.40 bits per heavy atom. The molecule has 0 radical (unpaired) electrons. The van der Waals surface area contributed by atoms with Crippen LogP contribution in [0.2, 0.25) is 0 Å². The summed E-state index contributed by atoms with van der Waals surface area (Å²) in [5, 5.41) is 0.762. The molecule has 0 bridgehead atoms. The van der Waals surface area contributed by atoms with Crippen molar-refractivity contribution in [2.45, 2.75) is 69.5 Å².